The third-order valence-corrected chi connectivity index (χ3v) is 8.56. The maximum absolute atomic E-state index is 5.24. The molecule has 0 amide bonds. The molecule has 0 unspecified atom stereocenters. The van der Waals surface area contributed by atoms with Crippen molar-refractivity contribution < 1.29 is 0 Å². The van der Waals surface area contributed by atoms with Gasteiger partial charge in [-0.25, -0.2) is 0 Å². The fourth-order valence-corrected chi connectivity index (χ4v) is 6.85. The monoisotopic (exact) mass is 493 g/mol. The summed E-state index contributed by atoms with van der Waals surface area (Å²) in [7, 11) is 0. The van der Waals surface area contributed by atoms with Crippen LogP contribution in [-0.4, -0.2) is 5.71 Å². The number of nitrogens with zero attached hydrogens (tertiary/aromatic N) is 1. The first kappa shape index (κ1) is 21.0. The number of hydrogen-bond donors (Lipinski definition) is 0. The van der Waals surface area contributed by atoms with Gasteiger partial charge >= 0.3 is 0 Å². The molecule has 0 fully saturated rings. The van der Waals surface area contributed by atoms with E-state index in [-0.39, 0.29) is 0 Å². The minimum Gasteiger partial charge on any atom is -0.252 e. The van der Waals surface area contributed by atoms with Gasteiger partial charge in [0, 0.05) is 17.6 Å². The second-order valence-electron chi connectivity index (χ2n) is 10.7. The van der Waals surface area contributed by atoms with Gasteiger partial charge in [0.25, 0.3) is 0 Å². The van der Waals surface area contributed by atoms with Gasteiger partial charge in [0.2, 0.25) is 0 Å². The molecule has 0 aromatic heterocycles. The minimum absolute atomic E-state index is 0.859. The van der Waals surface area contributed by atoms with Gasteiger partial charge in [-0.05, 0) is 96.4 Å². The predicted molar refractivity (Wildman–Crippen MR) is 164 cm³/mol. The highest BCUT2D eigenvalue weighted by Gasteiger charge is 2.39. The molecule has 39 heavy (non-hydrogen) atoms. The standard InChI is InChI=1S/C38H23N/c1-2-10-23(11-3-1)35-29-18-24-12-4-6-14-26(24)20-31(29)38-36(34-22-28-16-8-9-17-33(28)39-34)30-19-25-13-5-7-15-27(25)21-32(30)37(35)38/h1-21H,22H2. The molecule has 0 saturated heterocycles. The van der Waals surface area contributed by atoms with Gasteiger partial charge in [0.05, 0.1) is 11.4 Å². The van der Waals surface area contributed by atoms with Crippen molar-refractivity contribution in [3.8, 4) is 0 Å². The number of fused-ring (bicyclic) bond motifs is 8. The third kappa shape index (κ3) is 2.93. The SMILES string of the molecule is c1ccc(C2=C3C(=C(C4=Nc5ccccc5C4)c4cc5ccccc5cc43)c3cc4ccccc4cc32)cc1. The largest absolute Gasteiger partial charge is 0.252 e. The molecule has 0 spiro atoms. The van der Waals surface area contributed by atoms with Crippen molar-refractivity contribution in [2.45, 2.75) is 6.42 Å². The van der Waals surface area contributed by atoms with Gasteiger partial charge in [-0.2, -0.15) is 0 Å². The van der Waals surface area contributed by atoms with E-state index in [0.29, 0.717) is 0 Å². The molecule has 0 saturated carbocycles. The van der Waals surface area contributed by atoms with E-state index >= 15 is 0 Å². The summed E-state index contributed by atoms with van der Waals surface area (Å²) in [5.41, 5.74) is 15.4. The van der Waals surface area contributed by atoms with E-state index in [1.165, 1.54) is 82.9 Å². The van der Waals surface area contributed by atoms with Crippen LogP contribution in [0.3, 0.4) is 0 Å². The average molecular weight is 494 g/mol. The van der Waals surface area contributed by atoms with Crippen molar-refractivity contribution in [1.82, 2.24) is 0 Å². The lowest BCUT2D eigenvalue weighted by Crippen LogP contribution is -2.03. The van der Waals surface area contributed by atoms with Crippen molar-refractivity contribution in [2.24, 2.45) is 4.99 Å². The van der Waals surface area contributed by atoms with Crippen molar-refractivity contribution in [3.63, 3.8) is 0 Å². The lowest BCUT2D eigenvalue weighted by Gasteiger charge is -2.13. The number of aliphatic imine (C=N–C) groups is 1. The molecule has 0 N–H and O–H groups in total. The summed E-state index contributed by atoms with van der Waals surface area (Å²) in [5, 5.41) is 5.09. The van der Waals surface area contributed by atoms with Gasteiger partial charge in [-0.15, -0.1) is 0 Å². The van der Waals surface area contributed by atoms with Crippen LogP contribution in [0.25, 0.3) is 43.8 Å². The maximum atomic E-state index is 5.24. The summed E-state index contributed by atoms with van der Waals surface area (Å²) >= 11 is 0. The Hall–Kier alpha value is -5.01. The maximum Gasteiger partial charge on any atom is 0.0669 e. The normalized spacial score (nSPS) is 15.0. The number of allylic oxidation sites excluding steroid dienone is 3. The summed E-state index contributed by atoms with van der Waals surface area (Å²) in [5.74, 6) is 0. The Bertz CT molecular complexity index is 2120. The summed E-state index contributed by atoms with van der Waals surface area (Å²) in [4.78, 5) is 5.24. The van der Waals surface area contributed by atoms with Crippen LogP contribution in [0.4, 0.5) is 5.69 Å². The predicted octanol–water partition coefficient (Wildman–Crippen LogP) is 9.52. The van der Waals surface area contributed by atoms with Gasteiger partial charge in [-0.1, -0.05) is 97.1 Å². The van der Waals surface area contributed by atoms with Gasteiger partial charge in [0.1, 0.15) is 0 Å². The van der Waals surface area contributed by atoms with Crippen LogP contribution in [-0.2, 0) is 6.42 Å². The number of benzene rings is 6. The molecule has 1 heterocycles. The van der Waals surface area contributed by atoms with E-state index in [4.69, 9.17) is 4.99 Å². The van der Waals surface area contributed by atoms with E-state index in [1.54, 1.807) is 0 Å². The van der Waals surface area contributed by atoms with Crippen LogP contribution in [0.15, 0.2) is 132 Å². The summed E-state index contributed by atoms with van der Waals surface area (Å²) in [6, 6.07) is 46.6. The van der Waals surface area contributed by atoms with Crippen LogP contribution < -0.4 is 0 Å². The summed E-state index contributed by atoms with van der Waals surface area (Å²) in [6.45, 7) is 0. The summed E-state index contributed by atoms with van der Waals surface area (Å²) < 4.78 is 0. The Balaban J connectivity index is 1.44. The molecule has 1 aliphatic heterocycles. The quantitative estimate of drug-likeness (QED) is 0.228. The Morgan fingerprint density at radius 3 is 1.46 bits per heavy atom. The van der Waals surface area contributed by atoms with Crippen LogP contribution in [0.5, 0.6) is 0 Å². The van der Waals surface area contributed by atoms with E-state index in [9.17, 15) is 0 Å². The zero-order valence-electron chi connectivity index (χ0n) is 21.3. The molecule has 9 rings (SSSR count). The molecule has 0 bridgehead atoms. The Morgan fingerprint density at radius 1 is 0.410 bits per heavy atom. The zero-order chi connectivity index (χ0) is 25.5. The van der Waals surface area contributed by atoms with Crippen LogP contribution >= 0.6 is 0 Å². The molecule has 180 valence electrons. The van der Waals surface area contributed by atoms with Gasteiger partial charge < -0.3 is 0 Å². The second-order valence-corrected chi connectivity index (χ2v) is 10.7. The third-order valence-electron chi connectivity index (χ3n) is 8.56. The molecule has 0 radical (unpaired) electrons. The summed E-state index contributed by atoms with van der Waals surface area (Å²) in [6.07, 6.45) is 0.859. The molecule has 3 aliphatic rings. The highest BCUT2D eigenvalue weighted by Crippen LogP contribution is 2.59. The molecule has 6 aromatic carbocycles. The van der Waals surface area contributed by atoms with Crippen molar-refractivity contribution in [3.05, 3.63) is 161 Å². The van der Waals surface area contributed by atoms with Crippen molar-refractivity contribution in [2.75, 3.05) is 0 Å². The Morgan fingerprint density at radius 2 is 0.872 bits per heavy atom. The highest BCUT2D eigenvalue weighted by molar-refractivity contribution is 6.47. The fraction of sp³-hybridized carbons (Fsp3) is 0.0263. The van der Waals surface area contributed by atoms with Gasteiger partial charge in [0.15, 0.2) is 0 Å². The molecule has 2 aliphatic carbocycles. The molecular weight excluding hydrogens is 470 g/mol. The first-order valence-electron chi connectivity index (χ1n) is 13.6. The van der Waals surface area contributed by atoms with Gasteiger partial charge in [-0.3, -0.25) is 4.99 Å². The lowest BCUT2D eigenvalue weighted by atomic mass is 9.89. The van der Waals surface area contributed by atoms with E-state index in [1.807, 2.05) is 0 Å². The molecule has 1 heteroatoms. The highest BCUT2D eigenvalue weighted by atomic mass is 14.8. The van der Waals surface area contributed by atoms with Crippen LogP contribution in [0, 0.1) is 0 Å². The fourth-order valence-electron chi connectivity index (χ4n) is 6.85. The zero-order valence-corrected chi connectivity index (χ0v) is 21.3. The van der Waals surface area contributed by atoms with E-state index in [0.717, 1.165) is 12.1 Å². The average Bonchev–Trinajstić information content (AvgIpc) is 3.65. The van der Waals surface area contributed by atoms with Crippen LogP contribution in [0.2, 0.25) is 0 Å². The smallest absolute Gasteiger partial charge is 0.0669 e. The Labute approximate surface area is 227 Å². The number of hydrogen-bond acceptors (Lipinski definition) is 1. The van der Waals surface area contributed by atoms with E-state index in [2.05, 4.69) is 127 Å². The van der Waals surface area contributed by atoms with Crippen LogP contribution in [0.1, 0.15) is 33.4 Å². The minimum atomic E-state index is 0.859. The first-order chi connectivity index (χ1) is 19.3. The van der Waals surface area contributed by atoms with E-state index < -0.39 is 0 Å². The molecular formula is C38H23N. The lowest BCUT2D eigenvalue weighted by molar-refractivity contribution is 1.40. The topological polar surface area (TPSA) is 12.4 Å². The first-order valence-corrected chi connectivity index (χ1v) is 13.6. The molecule has 1 nitrogen and oxygen atoms in total. The number of rotatable bonds is 2. The molecule has 6 aromatic rings. The second kappa shape index (κ2) is 7.75. The van der Waals surface area contributed by atoms with Crippen molar-refractivity contribution >= 4 is 55.2 Å². The molecule has 0 atom stereocenters. The van der Waals surface area contributed by atoms with Crippen molar-refractivity contribution in [1.29, 1.82) is 0 Å². The Kier molecular flexibility index (Phi) is 4.17. The number of para-hydroxylation sites is 1.